The number of nitrogens with zero attached hydrogens (tertiary/aromatic N) is 6. The van der Waals surface area contributed by atoms with Crippen LogP contribution in [-0.2, 0) is 0 Å². The Kier molecular flexibility index (Phi) is 9.60. The molecule has 8 aromatic carbocycles. The summed E-state index contributed by atoms with van der Waals surface area (Å²) in [6, 6.07) is 48.3. The van der Waals surface area contributed by atoms with Crippen LogP contribution >= 0.6 is 0 Å². The molecule has 10 nitrogen and oxygen atoms in total. The van der Waals surface area contributed by atoms with Crippen LogP contribution in [0.3, 0.4) is 0 Å². The lowest BCUT2D eigenvalue weighted by Crippen LogP contribution is -1.92. The zero-order chi connectivity index (χ0) is 49.1. The van der Waals surface area contributed by atoms with E-state index in [1.54, 1.807) is 6.07 Å². The SMILES string of the molecule is Cc1cccc(C)c1-c1cccc2c1-c1nc-2nc2[nH]c(nc3nc(nc4[nH]c(n1)c1cccc(-c5c(C)cccc5C)c41)-c1cccc(-c4cc(O)ccc4O)c1-3)c1cccc(-c3c(C)cccc3C)c21. The van der Waals surface area contributed by atoms with Crippen molar-refractivity contribution >= 4 is 44.1 Å². The van der Waals surface area contributed by atoms with Gasteiger partial charge >= 0.3 is 0 Å². The number of hydrogen-bond acceptors (Lipinski definition) is 8. The van der Waals surface area contributed by atoms with Gasteiger partial charge in [0, 0.05) is 49.4 Å². The van der Waals surface area contributed by atoms with Gasteiger partial charge in [0.2, 0.25) is 0 Å². The van der Waals surface area contributed by atoms with Gasteiger partial charge in [-0.2, -0.15) is 0 Å². The summed E-state index contributed by atoms with van der Waals surface area (Å²) < 4.78 is 0. The highest BCUT2D eigenvalue weighted by Gasteiger charge is 2.29. The van der Waals surface area contributed by atoms with Crippen LogP contribution in [0.4, 0.5) is 0 Å². The number of aromatic amines is 2. The molecule has 0 amide bonds. The molecule has 3 aromatic heterocycles. The number of aryl methyl sites for hydroxylation is 6. The van der Waals surface area contributed by atoms with Crippen molar-refractivity contribution in [2.45, 2.75) is 41.5 Å². The zero-order valence-corrected chi connectivity index (χ0v) is 40.4. The first-order chi connectivity index (χ1) is 35.0. The average molecular weight is 935 g/mol. The lowest BCUT2D eigenvalue weighted by Gasteiger charge is -2.13. The van der Waals surface area contributed by atoms with Gasteiger partial charge in [-0.05, 0) is 132 Å². The van der Waals surface area contributed by atoms with E-state index in [1.807, 2.05) is 18.2 Å². The Morgan fingerprint density at radius 2 is 0.667 bits per heavy atom. The van der Waals surface area contributed by atoms with E-state index >= 15 is 0 Å². The van der Waals surface area contributed by atoms with Gasteiger partial charge < -0.3 is 20.2 Å². The molecule has 0 unspecified atom stereocenters. The first-order valence-corrected chi connectivity index (χ1v) is 24.1. The first kappa shape index (κ1) is 42.8. The minimum atomic E-state index is 0.00296. The second-order valence-electron chi connectivity index (χ2n) is 19.0. The normalized spacial score (nSPS) is 11.9. The summed E-state index contributed by atoms with van der Waals surface area (Å²) in [6.45, 7) is 12.8. The van der Waals surface area contributed by atoms with Gasteiger partial charge in [-0.3, -0.25) is 0 Å². The Labute approximate surface area is 414 Å². The van der Waals surface area contributed by atoms with Gasteiger partial charge in [0.1, 0.15) is 34.1 Å². The van der Waals surface area contributed by atoms with E-state index in [-0.39, 0.29) is 11.5 Å². The maximum absolute atomic E-state index is 11.4. The van der Waals surface area contributed by atoms with Gasteiger partial charge in [-0.15, -0.1) is 0 Å². The number of hydrogen-bond donors (Lipinski definition) is 4. The molecule has 0 aliphatic carbocycles. The fourth-order valence-corrected chi connectivity index (χ4v) is 11.3. The summed E-state index contributed by atoms with van der Waals surface area (Å²) in [4.78, 5) is 40.1. The molecule has 2 aliphatic rings. The molecule has 0 atom stereocenters. The Morgan fingerprint density at radius 3 is 1.14 bits per heavy atom. The molecule has 10 heteroatoms. The molecule has 72 heavy (non-hydrogen) atoms. The average Bonchev–Trinajstić information content (AvgIpc) is 4.11. The standard InChI is InChI=1S/C62H46N8O2/c1-31-14-7-15-32(2)48(31)39-21-11-25-43-52(39)61-66-56(43)64-59-51-38(46-30-37(71)28-29-47(46)72)20-10-24-42(51)55(63-59)65-60-53-40(49-33(3)16-8-17-34(49)4)22-12-26-44(53)57(67-60)69-62-54-41(50-35(5)18-9-19-36(50)6)23-13-27-45(54)58(68-61)70-62/h7-30,71-72H,1-6H3,(H2,63,64,65,66,67,68,69,70). The molecule has 346 valence electrons. The molecule has 8 bridgehead atoms. The van der Waals surface area contributed by atoms with E-state index in [0.717, 1.165) is 99.4 Å². The maximum atomic E-state index is 11.4. The molecule has 0 spiro atoms. The minimum Gasteiger partial charge on any atom is -0.508 e. The van der Waals surface area contributed by atoms with Crippen molar-refractivity contribution in [3.05, 3.63) is 179 Å². The summed E-state index contributed by atoms with van der Waals surface area (Å²) in [6.07, 6.45) is 0. The van der Waals surface area contributed by atoms with Gasteiger partial charge in [0.25, 0.3) is 0 Å². The van der Waals surface area contributed by atoms with Crippen molar-refractivity contribution in [2.24, 2.45) is 0 Å². The van der Waals surface area contributed by atoms with Crippen LogP contribution in [0.25, 0.3) is 134 Å². The molecule has 2 aliphatic heterocycles. The zero-order valence-electron chi connectivity index (χ0n) is 40.4. The Balaban J connectivity index is 1.24. The molecule has 5 heterocycles. The lowest BCUT2D eigenvalue weighted by atomic mass is 9.90. The molecule has 0 saturated heterocycles. The van der Waals surface area contributed by atoms with Crippen molar-refractivity contribution < 1.29 is 10.2 Å². The van der Waals surface area contributed by atoms with Crippen LogP contribution in [0, 0.1) is 41.5 Å². The topological polar surface area (TPSA) is 149 Å². The Morgan fingerprint density at radius 1 is 0.306 bits per heavy atom. The van der Waals surface area contributed by atoms with Crippen LogP contribution < -0.4 is 0 Å². The number of phenols is 2. The van der Waals surface area contributed by atoms with Crippen LogP contribution in [0.2, 0.25) is 0 Å². The highest BCUT2D eigenvalue weighted by molar-refractivity contribution is 6.15. The largest absolute Gasteiger partial charge is 0.508 e. The summed E-state index contributed by atoms with van der Waals surface area (Å²) >= 11 is 0. The number of aromatic nitrogens is 8. The number of aromatic hydroxyl groups is 2. The van der Waals surface area contributed by atoms with Crippen molar-refractivity contribution in [3.63, 3.8) is 0 Å². The molecule has 13 rings (SSSR count). The summed E-state index contributed by atoms with van der Waals surface area (Å²) in [5, 5.41) is 25.6. The van der Waals surface area contributed by atoms with E-state index in [4.69, 9.17) is 29.9 Å². The predicted octanol–water partition coefficient (Wildman–Crippen LogP) is 14.8. The molecular weight excluding hydrogens is 889 g/mol. The predicted molar refractivity (Wildman–Crippen MR) is 290 cm³/mol. The molecule has 0 fully saturated rings. The lowest BCUT2D eigenvalue weighted by molar-refractivity contribution is 0.462. The van der Waals surface area contributed by atoms with Crippen LogP contribution in [0.5, 0.6) is 11.5 Å². The third-order valence-electron chi connectivity index (χ3n) is 14.5. The van der Waals surface area contributed by atoms with E-state index in [1.165, 1.54) is 12.1 Å². The monoisotopic (exact) mass is 934 g/mol. The quantitative estimate of drug-likeness (QED) is 0.127. The number of rotatable bonds is 4. The maximum Gasteiger partial charge on any atom is 0.165 e. The van der Waals surface area contributed by atoms with Gasteiger partial charge in [0.05, 0.1) is 0 Å². The van der Waals surface area contributed by atoms with E-state index < -0.39 is 0 Å². The molecule has 0 radical (unpaired) electrons. The van der Waals surface area contributed by atoms with Crippen molar-refractivity contribution in [2.75, 3.05) is 0 Å². The highest BCUT2D eigenvalue weighted by atomic mass is 16.3. The molecular formula is C62H46N8O2. The van der Waals surface area contributed by atoms with Crippen LogP contribution in [-0.4, -0.2) is 50.1 Å². The third-order valence-corrected chi connectivity index (χ3v) is 14.5. The molecule has 0 saturated carbocycles. The fourth-order valence-electron chi connectivity index (χ4n) is 11.3. The van der Waals surface area contributed by atoms with Crippen LogP contribution in [0.1, 0.15) is 33.4 Å². The number of phenolic OH excluding ortho intramolecular Hbond substituents is 2. The molecule has 4 N–H and O–H groups in total. The van der Waals surface area contributed by atoms with Gasteiger partial charge in [-0.25, -0.2) is 29.9 Å². The van der Waals surface area contributed by atoms with E-state index in [2.05, 4.69) is 161 Å². The molecule has 11 aromatic rings. The van der Waals surface area contributed by atoms with Crippen molar-refractivity contribution in [1.82, 2.24) is 39.9 Å². The van der Waals surface area contributed by atoms with E-state index in [0.29, 0.717) is 68.1 Å². The van der Waals surface area contributed by atoms with Gasteiger partial charge in [0.15, 0.2) is 23.3 Å². The second kappa shape index (κ2) is 16.1. The number of fused-ring (bicyclic) bond motifs is 20. The van der Waals surface area contributed by atoms with E-state index in [9.17, 15) is 10.2 Å². The summed E-state index contributed by atoms with van der Waals surface area (Å²) in [5.41, 5.74) is 19.6. The fraction of sp³-hybridized carbons (Fsp3) is 0.0968. The summed E-state index contributed by atoms with van der Waals surface area (Å²) in [7, 11) is 0. The summed E-state index contributed by atoms with van der Waals surface area (Å²) in [5.74, 6) is 1.83. The third kappa shape index (κ3) is 6.56. The number of nitrogens with one attached hydrogen (secondary N) is 2. The highest BCUT2D eigenvalue weighted by Crippen LogP contribution is 2.47. The second-order valence-corrected chi connectivity index (χ2v) is 19.0. The number of benzene rings is 8. The minimum absolute atomic E-state index is 0.00296. The smallest absolute Gasteiger partial charge is 0.165 e. The van der Waals surface area contributed by atoms with Crippen LogP contribution in [0.15, 0.2) is 146 Å². The van der Waals surface area contributed by atoms with Crippen molar-refractivity contribution in [3.8, 4) is 102 Å². The Hall–Kier alpha value is -9.28. The van der Waals surface area contributed by atoms with Gasteiger partial charge in [-0.1, -0.05) is 127 Å². The Bertz CT molecular complexity index is 4210. The first-order valence-electron chi connectivity index (χ1n) is 24.1. The number of H-pyrrole nitrogens is 2. The van der Waals surface area contributed by atoms with Crippen molar-refractivity contribution in [1.29, 1.82) is 0 Å².